The maximum absolute atomic E-state index is 12.8. The fourth-order valence-electron chi connectivity index (χ4n) is 7.30. The highest BCUT2D eigenvalue weighted by atomic mass is 16.6. The summed E-state index contributed by atoms with van der Waals surface area (Å²) >= 11 is 0. The van der Waals surface area contributed by atoms with Crippen LogP contribution < -0.4 is 0 Å². The smallest absolute Gasteiger partial charge is 0.306 e. The van der Waals surface area contributed by atoms with Crippen molar-refractivity contribution in [3.63, 3.8) is 0 Å². The minimum absolute atomic E-state index is 0.103. The second-order valence-electron chi connectivity index (χ2n) is 17.8. The first-order valence-electron chi connectivity index (χ1n) is 27.1. The molecule has 0 heterocycles. The van der Waals surface area contributed by atoms with Gasteiger partial charge in [0.1, 0.15) is 13.2 Å². The SMILES string of the molecule is CC/C=C\C/C=C\C/C=C\C/C=C\CCCCCC(=O)OC(COC(=O)CCCCC/C=C\CCCCCCCC)COC(=O)CCCCCCC/C=C\C=C/CCCCCCCCC. The highest BCUT2D eigenvalue weighted by molar-refractivity contribution is 5.71. The van der Waals surface area contributed by atoms with E-state index in [4.69, 9.17) is 14.2 Å². The molecule has 0 aromatic heterocycles. The zero-order chi connectivity index (χ0) is 47.2. The highest BCUT2D eigenvalue weighted by Crippen LogP contribution is 2.13. The van der Waals surface area contributed by atoms with Crippen molar-refractivity contribution in [1.29, 1.82) is 0 Å². The lowest BCUT2D eigenvalue weighted by Gasteiger charge is -2.18. The number of rotatable bonds is 48. The Morgan fingerprint density at radius 2 is 0.646 bits per heavy atom. The van der Waals surface area contributed by atoms with Crippen LogP contribution in [0.5, 0.6) is 0 Å². The van der Waals surface area contributed by atoms with Crippen molar-refractivity contribution in [2.24, 2.45) is 0 Å². The first-order chi connectivity index (χ1) is 32.0. The molecule has 6 heteroatoms. The van der Waals surface area contributed by atoms with E-state index in [1.165, 1.54) is 89.9 Å². The van der Waals surface area contributed by atoms with Crippen LogP contribution in [-0.2, 0) is 28.6 Å². The number of ether oxygens (including phenoxy) is 3. The molecule has 0 N–H and O–H groups in total. The molecular formula is C59H100O6. The second kappa shape index (κ2) is 53.2. The molecule has 0 amide bonds. The van der Waals surface area contributed by atoms with Gasteiger partial charge in [0, 0.05) is 19.3 Å². The molecule has 0 aliphatic carbocycles. The third-order valence-corrected chi connectivity index (χ3v) is 11.4. The molecule has 65 heavy (non-hydrogen) atoms. The van der Waals surface area contributed by atoms with Gasteiger partial charge in [0.05, 0.1) is 0 Å². The minimum Gasteiger partial charge on any atom is -0.462 e. The lowest BCUT2D eigenvalue weighted by atomic mass is 10.1. The van der Waals surface area contributed by atoms with E-state index in [0.29, 0.717) is 12.8 Å². The topological polar surface area (TPSA) is 78.9 Å². The van der Waals surface area contributed by atoms with Crippen molar-refractivity contribution in [3.8, 4) is 0 Å². The quantitative estimate of drug-likeness (QED) is 0.0199. The molecule has 0 aliphatic heterocycles. The van der Waals surface area contributed by atoms with Crippen molar-refractivity contribution < 1.29 is 28.6 Å². The van der Waals surface area contributed by atoms with E-state index in [1.54, 1.807) is 0 Å². The van der Waals surface area contributed by atoms with Crippen molar-refractivity contribution in [2.75, 3.05) is 13.2 Å². The Bertz CT molecular complexity index is 1270. The first kappa shape index (κ1) is 61.6. The first-order valence-corrected chi connectivity index (χ1v) is 27.1. The van der Waals surface area contributed by atoms with Crippen LogP contribution in [0.1, 0.15) is 252 Å². The molecule has 0 aromatic rings. The van der Waals surface area contributed by atoms with Gasteiger partial charge >= 0.3 is 17.9 Å². The number of carbonyl (C=O) groups excluding carboxylic acids is 3. The molecule has 372 valence electrons. The normalized spacial score (nSPS) is 12.7. The average Bonchev–Trinajstić information content (AvgIpc) is 3.30. The summed E-state index contributed by atoms with van der Waals surface area (Å²) in [5.74, 6) is -0.963. The van der Waals surface area contributed by atoms with Gasteiger partial charge < -0.3 is 14.2 Å². The zero-order valence-electron chi connectivity index (χ0n) is 42.5. The van der Waals surface area contributed by atoms with Crippen LogP contribution in [0.15, 0.2) is 85.1 Å². The van der Waals surface area contributed by atoms with E-state index >= 15 is 0 Å². The zero-order valence-corrected chi connectivity index (χ0v) is 42.5. The molecule has 0 aliphatic rings. The number of carbonyl (C=O) groups is 3. The number of hydrogen-bond acceptors (Lipinski definition) is 6. The molecule has 0 saturated carbocycles. The van der Waals surface area contributed by atoms with Gasteiger partial charge in [-0.25, -0.2) is 0 Å². The van der Waals surface area contributed by atoms with E-state index in [0.717, 1.165) is 122 Å². The van der Waals surface area contributed by atoms with Crippen LogP contribution in [-0.4, -0.2) is 37.2 Å². The van der Waals surface area contributed by atoms with Gasteiger partial charge in [-0.15, -0.1) is 0 Å². The minimum atomic E-state index is -0.806. The number of esters is 3. The van der Waals surface area contributed by atoms with Crippen LogP contribution in [0.3, 0.4) is 0 Å². The summed E-state index contributed by atoms with van der Waals surface area (Å²) in [7, 11) is 0. The molecule has 1 unspecified atom stereocenters. The summed E-state index contributed by atoms with van der Waals surface area (Å²) in [6.45, 7) is 6.46. The van der Waals surface area contributed by atoms with E-state index < -0.39 is 6.10 Å². The summed E-state index contributed by atoms with van der Waals surface area (Å²) in [6.07, 6.45) is 68.5. The predicted octanol–water partition coefficient (Wildman–Crippen LogP) is 18.0. The molecule has 0 fully saturated rings. The maximum Gasteiger partial charge on any atom is 0.306 e. The Morgan fingerprint density at radius 3 is 1.06 bits per heavy atom. The molecule has 0 aromatic carbocycles. The summed E-state index contributed by atoms with van der Waals surface area (Å²) < 4.78 is 16.8. The Kier molecular flexibility index (Phi) is 50.4. The van der Waals surface area contributed by atoms with Crippen molar-refractivity contribution in [3.05, 3.63) is 85.1 Å². The molecule has 6 nitrogen and oxygen atoms in total. The Balaban J connectivity index is 4.48. The van der Waals surface area contributed by atoms with Crippen LogP contribution in [0.4, 0.5) is 0 Å². The highest BCUT2D eigenvalue weighted by Gasteiger charge is 2.19. The lowest BCUT2D eigenvalue weighted by Crippen LogP contribution is -2.30. The van der Waals surface area contributed by atoms with Gasteiger partial charge in [0.15, 0.2) is 6.10 Å². The maximum atomic E-state index is 12.8. The van der Waals surface area contributed by atoms with Crippen molar-refractivity contribution in [2.45, 2.75) is 258 Å². The lowest BCUT2D eigenvalue weighted by molar-refractivity contribution is -0.167. The van der Waals surface area contributed by atoms with Gasteiger partial charge in [-0.1, -0.05) is 209 Å². The molecule has 0 rings (SSSR count). The van der Waals surface area contributed by atoms with Gasteiger partial charge in [0.2, 0.25) is 0 Å². The standard InChI is InChI=1S/C59H100O6/c1-4-7-10-13-16-19-22-25-27-29-30-32-34-37-40-43-46-49-52-58(61)64-55-56(54-63-57(60)51-48-45-42-39-36-33-24-21-18-15-12-9-6-3)65-59(62)53-50-47-44-41-38-35-31-28-26-23-20-17-14-11-8-5-2/h8,11,17,20,26-30,32-33,35-36,38,56H,4-7,9-10,12-16,18-19,21-25,31,34,37,39-55H2,1-3H3/b11-8-,20-17-,28-26-,29-27-,32-30-,36-33-,38-35-. The Labute approximate surface area is 401 Å². The third-order valence-electron chi connectivity index (χ3n) is 11.4. The predicted molar refractivity (Wildman–Crippen MR) is 279 cm³/mol. The molecular weight excluding hydrogens is 805 g/mol. The summed E-state index contributed by atoms with van der Waals surface area (Å²) in [6, 6.07) is 0. The van der Waals surface area contributed by atoms with Crippen LogP contribution >= 0.6 is 0 Å². The number of hydrogen-bond donors (Lipinski definition) is 0. The molecule has 0 radical (unpaired) electrons. The largest absolute Gasteiger partial charge is 0.462 e. The third kappa shape index (κ3) is 51.4. The molecule has 0 spiro atoms. The van der Waals surface area contributed by atoms with Crippen molar-refractivity contribution in [1.82, 2.24) is 0 Å². The van der Waals surface area contributed by atoms with E-state index in [-0.39, 0.29) is 37.5 Å². The molecule has 1 atom stereocenters. The fraction of sp³-hybridized carbons (Fsp3) is 0.712. The van der Waals surface area contributed by atoms with Crippen LogP contribution in [0, 0.1) is 0 Å². The monoisotopic (exact) mass is 905 g/mol. The average molecular weight is 905 g/mol. The number of unbranched alkanes of at least 4 members (excludes halogenated alkanes) is 24. The van der Waals surface area contributed by atoms with E-state index in [1.807, 2.05) is 0 Å². The summed E-state index contributed by atoms with van der Waals surface area (Å²) in [4.78, 5) is 38.0. The van der Waals surface area contributed by atoms with Crippen LogP contribution in [0.25, 0.3) is 0 Å². The van der Waals surface area contributed by atoms with E-state index in [2.05, 4.69) is 106 Å². The van der Waals surface area contributed by atoms with Crippen LogP contribution in [0.2, 0.25) is 0 Å². The molecule has 0 bridgehead atoms. The van der Waals surface area contributed by atoms with Gasteiger partial charge in [-0.05, 0) is 109 Å². The molecule has 0 saturated heterocycles. The Morgan fingerprint density at radius 1 is 0.338 bits per heavy atom. The summed E-state index contributed by atoms with van der Waals surface area (Å²) in [5.41, 5.74) is 0. The summed E-state index contributed by atoms with van der Waals surface area (Å²) in [5, 5.41) is 0. The van der Waals surface area contributed by atoms with Gasteiger partial charge in [-0.2, -0.15) is 0 Å². The van der Waals surface area contributed by atoms with Crippen molar-refractivity contribution >= 4 is 17.9 Å². The van der Waals surface area contributed by atoms with Gasteiger partial charge in [0.25, 0.3) is 0 Å². The van der Waals surface area contributed by atoms with E-state index in [9.17, 15) is 14.4 Å². The fourth-order valence-corrected chi connectivity index (χ4v) is 7.30. The second-order valence-corrected chi connectivity index (χ2v) is 17.8. The van der Waals surface area contributed by atoms with Gasteiger partial charge in [-0.3, -0.25) is 14.4 Å². The Hall–Kier alpha value is -3.41. The number of allylic oxidation sites excluding steroid dienone is 14.